The molecule has 0 amide bonds. The molecule has 1 unspecified atom stereocenters. The molecule has 0 aliphatic heterocycles. The standard InChI is InChI=1S/C11H13FO/c1-8(2)6-7-9-4-3-5-10(12)11(9)13/h3-6,9H,7H2,1-2H3. The minimum atomic E-state index is -0.630. The lowest BCUT2D eigenvalue weighted by Crippen LogP contribution is -2.14. The van der Waals surface area contributed by atoms with Crippen LogP contribution in [0, 0.1) is 5.92 Å². The molecule has 0 fully saturated rings. The van der Waals surface area contributed by atoms with Crippen LogP contribution in [0.4, 0.5) is 4.39 Å². The van der Waals surface area contributed by atoms with Crippen LogP contribution in [0.1, 0.15) is 20.3 Å². The molecule has 0 spiro atoms. The zero-order valence-corrected chi connectivity index (χ0v) is 7.88. The summed E-state index contributed by atoms with van der Waals surface area (Å²) in [5.41, 5.74) is 1.15. The average molecular weight is 180 g/mol. The van der Waals surface area contributed by atoms with E-state index in [-0.39, 0.29) is 5.92 Å². The van der Waals surface area contributed by atoms with Gasteiger partial charge >= 0.3 is 0 Å². The Morgan fingerprint density at radius 1 is 1.62 bits per heavy atom. The van der Waals surface area contributed by atoms with Crippen molar-refractivity contribution in [3.63, 3.8) is 0 Å². The normalized spacial score (nSPS) is 21.3. The first-order valence-electron chi connectivity index (χ1n) is 4.33. The van der Waals surface area contributed by atoms with Crippen LogP contribution in [0.2, 0.25) is 0 Å². The highest BCUT2D eigenvalue weighted by molar-refractivity contribution is 5.97. The molecular weight excluding hydrogens is 167 g/mol. The van der Waals surface area contributed by atoms with Crippen LogP contribution < -0.4 is 0 Å². The Labute approximate surface area is 77.6 Å². The van der Waals surface area contributed by atoms with Gasteiger partial charge < -0.3 is 0 Å². The van der Waals surface area contributed by atoms with Gasteiger partial charge in [0.15, 0.2) is 11.6 Å². The van der Waals surface area contributed by atoms with Crippen molar-refractivity contribution >= 4 is 5.78 Å². The van der Waals surface area contributed by atoms with Gasteiger partial charge in [0, 0.05) is 5.92 Å². The molecule has 1 aliphatic rings. The van der Waals surface area contributed by atoms with Gasteiger partial charge in [-0.3, -0.25) is 4.79 Å². The summed E-state index contributed by atoms with van der Waals surface area (Å²) in [6.45, 7) is 3.92. The molecule has 1 atom stereocenters. The third-order valence-corrected chi connectivity index (χ3v) is 1.94. The zero-order chi connectivity index (χ0) is 9.84. The van der Waals surface area contributed by atoms with Gasteiger partial charge in [0.05, 0.1) is 0 Å². The third kappa shape index (κ3) is 2.65. The molecule has 1 aliphatic carbocycles. The van der Waals surface area contributed by atoms with Crippen LogP contribution >= 0.6 is 0 Å². The molecule has 0 radical (unpaired) electrons. The molecule has 0 aromatic rings. The second kappa shape index (κ2) is 4.17. The summed E-state index contributed by atoms with van der Waals surface area (Å²) in [5, 5.41) is 0. The SMILES string of the molecule is CC(C)=CCC1C=CC=C(F)C1=O. The van der Waals surface area contributed by atoms with Crippen molar-refractivity contribution in [2.45, 2.75) is 20.3 Å². The predicted molar refractivity (Wildman–Crippen MR) is 50.9 cm³/mol. The van der Waals surface area contributed by atoms with E-state index in [1.54, 1.807) is 12.2 Å². The van der Waals surface area contributed by atoms with Crippen LogP contribution in [0.5, 0.6) is 0 Å². The number of carbonyl (C=O) groups is 1. The van der Waals surface area contributed by atoms with Crippen molar-refractivity contribution in [3.8, 4) is 0 Å². The third-order valence-electron chi connectivity index (χ3n) is 1.94. The summed E-state index contributed by atoms with van der Waals surface area (Å²) < 4.78 is 12.8. The molecule has 0 bridgehead atoms. The smallest absolute Gasteiger partial charge is 0.198 e. The van der Waals surface area contributed by atoms with E-state index in [9.17, 15) is 9.18 Å². The maximum absolute atomic E-state index is 12.8. The Bertz CT molecular complexity index is 293. The van der Waals surface area contributed by atoms with Crippen LogP contribution in [-0.4, -0.2) is 5.78 Å². The largest absolute Gasteiger partial charge is 0.291 e. The van der Waals surface area contributed by atoms with E-state index in [0.717, 1.165) is 5.57 Å². The Balaban J connectivity index is 2.64. The number of carbonyl (C=O) groups excluding carboxylic acids is 1. The number of rotatable bonds is 2. The van der Waals surface area contributed by atoms with E-state index in [1.807, 2.05) is 19.9 Å². The van der Waals surface area contributed by atoms with Crippen LogP contribution in [0.25, 0.3) is 0 Å². The maximum atomic E-state index is 12.8. The zero-order valence-electron chi connectivity index (χ0n) is 7.88. The number of hydrogen-bond donors (Lipinski definition) is 0. The molecule has 0 aromatic carbocycles. The molecule has 1 nitrogen and oxygen atoms in total. The lowest BCUT2D eigenvalue weighted by atomic mass is 9.94. The van der Waals surface area contributed by atoms with Crippen molar-refractivity contribution in [1.29, 1.82) is 0 Å². The molecule has 13 heavy (non-hydrogen) atoms. The fraction of sp³-hybridized carbons (Fsp3) is 0.364. The highest BCUT2D eigenvalue weighted by Crippen LogP contribution is 2.19. The topological polar surface area (TPSA) is 17.1 Å². The molecule has 0 saturated carbocycles. The minimum absolute atomic E-state index is 0.306. The van der Waals surface area contributed by atoms with Crippen LogP contribution in [-0.2, 0) is 4.79 Å². The van der Waals surface area contributed by atoms with Gasteiger partial charge in [-0.15, -0.1) is 0 Å². The summed E-state index contributed by atoms with van der Waals surface area (Å²) in [6.07, 6.45) is 7.09. The van der Waals surface area contributed by atoms with E-state index in [4.69, 9.17) is 0 Å². The Morgan fingerprint density at radius 2 is 2.31 bits per heavy atom. The van der Waals surface area contributed by atoms with Crippen molar-refractivity contribution in [3.05, 3.63) is 35.7 Å². The molecule has 0 saturated heterocycles. The summed E-state index contributed by atoms with van der Waals surface area (Å²) in [7, 11) is 0. The van der Waals surface area contributed by atoms with Crippen LogP contribution in [0.15, 0.2) is 35.7 Å². The molecule has 0 aromatic heterocycles. The Hall–Kier alpha value is -1.18. The van der Waals surface area contributed by atoms with Gasteiger partial charge in [-0.25, -0.2) is 4.39 Å². The minimum Gasteiger partial charge on any atom is -0.291 e. The summed E-state index contributed by atoms with van der Waals surface area (Å²) in [4.78, 5) is 11.2. The summed E-state index contributed by atoms with van der Waals surface area (Å²) in [5.74, 6) is -1.34. The second-order valence-corrected chi connectivity index (χ2v) is 3.39. The van der Waals surface area contributed by atoms with E-state index in [1.165, 1.54) is 6.08 Å². The number of halogens is 1. The molecule has 1 rings (SSSR count). The number of ketones is 1. The molecule has 70 valence electrons. The van der Waals surface area contributed by atoms with Crippen molar-refractivity contribution < 1.29 is 9.18 Å². The number of hydrogen-bond acceptors (Lipinski definition) is 1. The summed E-state index contributed by atoms with van der Waals surface area (Å²) in [6, 6.07) is 0. The number of Topliss-reactive ketones (excluding diaryl/α,β-unsaturated/α-hetero) is 1. The van der Waals surface area contributed by atoms with E-state index in [2.05, 4.69) is 0 Å². The lowest BCUT2D eigenvalue weighted by Gasteiger charge is -2.10. The Kier molecular flexibility index (Phi) is 3.18. The van der Waals surface area contributed by atoms with Crippen molar-refractivity contribution in [1.82, 2.24) is 0 Å². The van der Waals surface area contributed by atoms with Gasteiger partial charge in [-0.1, -0.05) is 23.8 Å². The molecule has 0 N–H and O–H groups in total. The Morgan fingerprint density at radius 3 is 2.92 bits per heavy atom. The summed E-state index contributed by atoms with van der Waals surface area (Å²) >= 11 is 0. The van der Waals surface area contributed by atoms with Gasteiger partial charge in [-0.2, -0.15) is 0 Å². The first kappa shape index (κ1) is 9.90. The van der Waals surface area contributed by atoms with E-state index in [0.29, 0.717) is 6.42 Å². The monoisotopic (exact) mass is 180 g/mol. The van der Waals surface area contributed by atoms with Gasteiger partial charge in [0.1, 0.15) is 0 Å². The van der Waals surface area contributed by atoms with Gasteiger partial charge in [0.2, 0.25) is 0 Å². The molecular formula is C11H13FO. The predicted octanol–water partition coefficient (Wildman–Crippen LogP) is 2.95. The first-order chi connectivity index (χ1) is 6.11. The van der Waals surface area contributed by atoms with E-state index < -0.39 is 11.6 Å². The average Bonchev–Trinajstić information content (AvgIpc) is 2.07. The van der Waals surface area contributed by atoms with Gasteiger partial charge in [0.25, 0.3) is 0 Å². The molecule has 2 heteroatoms. The highest BCUT2D eigenvalue weighted by atomic mass is 19.1. The lowest BCUT2D eigenvalue weighted by molar-refractivity contribution is -0.119. The second-order valence-electron chi connectivity index (χ2n) is 3.39. The quantitative estimate of drug-likeness (QED) is 0.597. The van der Waals surface area contributed by atoms with Crippen LogP contribution in [0.3, 0.4) is 0 Å². The van der Waals surface area contributed by atoms with E-state index >= 15 is 0 Å². The van der Waals surface area contributed by atoms with Crippen molar-refractivity contribution in [2.75, 3.05) is 0 Å². The maximum Gasteiger partial charge on any atom is 0.198 e. The fourth-order valence-electron chi connectivity index (χ4n) is 1.17. The highest BCUT2D eigenvalue weighted by Gasteiger charge is 2.20. The van der Waals surface area contributed by atoms with Crippen molar-refractivity contribution in [2.24, 2.45) is 5.92 Å². The molecule has 0 heterocycles. The fourth-order valence-corrected chi connectivity index (χ4v) is 1.17. The number of allylic oxidation sites excluding steroid dienone is 6. The first-order valence-corrected chi connectivity index (χ1v) is 4.33. The van der Waals surface area contributed by atoms with Gasteiger partial charge in [-0.05, 0) is 26.3 Å².